The molecule has 0 aliphatic carbocycles. The Morgan fingerprint density at radius 3 is 1.82 bits per heavy atom. The van der Waals surface area contributed by atoms with Crippen molar-refractivity contribution in [3.05, 3.63) is 0 Å². The van der Waals surface area contributed by atoms with Crippen LogP contribution in [-0.2, 0) is 10.1 Å². The molecule has 5 heteroatoms. The highest BCUT2D eigenvalue weighted by molar-refractivity contribution is 7.85. The van der Waals surface area contributed by atoms with Crippen LogP contribution in [0.5, 0.6) is 0 Å². The molecular weight excluding hydrogens is 298 g/mol. The molecule has 0 aromatic carbocycles. The van der Waals surface area contributed by atoms with E-state index in [9.17, 15) is 8.42 Å². The standard InChI is InChI=1S/C17H37NO3S/c1-4-5-6-7-8-9-10-11-13-16(17(2,3)18)14-12-15-22(19,20)21/h16H,4-15,18H2,1-3H3,(H,19,20,21). The van der Waals surface area contributed by atoms with E-state index in [0.29, 0.717) is 12.3 Å². The van der Waals surface area contributed by atoms with E-state index in [1.807, 2.05) is 13.8 Å². The van der Waals surface area contributed by atoms with Gasteiger partial charge in [0.2, 0.25) is 0 Å². The number of unbranched alkanes of at least 4 members (excludes halogenated alkanes) is 7. The van der Waals surface area contributed by atoms with Crippen LogP contribution >= 0.6 is 0 Å². The van der Waals surface area contributed by atoms with E-state index in [0.717, 1.165) is 19.3 Å². The number of nitrogens with two attached hydrogens (primary N) is 1. The zero-order chi connectivity index (χ0) is 17.1. The molecule has 0 fully saturated rings. The third-order valence-electron chi connectivity index (χ3n) is 4.41. The van der Waals surface area contributed by atoms with E-state index in [4.69, 9.17) is 10.3 Å². The van der Waals surface area contributed by atoms with Gasteiger partial charge < -0.3 is 5.73 Å². The largest absolute Gasteiger partial charge is 0.325 e. The van der Waals surface area contributed by atoms with Crippen molar-refractivity contribution in [1.82, 2.24) is 0 Å². The molecule has 0 aromatic rings. The minimum Gasteiger partial charge on any atom is -0.325 e. The van der Waals surface area contributed by atoms with Crippen molar-refractivity contribution >= 4 is 10.1 Å². The molecule has 0 amide bonds. The molecule has 134 valence electrons. The smallest absolute Gasteiger partial charge is 0.264 e. The zero-order valence-corrected chi connectivity index (χ0v) is 15.6. The summed E-state index contributed by atoms with van der Waals surface area (Å²) in [5.74, 6) is 0.158. The Hall–Kier alpha value is -0.130. The van der Waals surface area contributed by atoms with E-state index < -0.39 is 10.1 Å². The topological polar surface area (TPSA) is 80.4 Å². The zero-order valence-electron chi connectivity index (χ0n) is 14.8. The minimum atomic E-state index is -3.85. The van der Waals surface area contributed by atoms with Crippen LogP contribution in [0.25, 0.3) is 0 Å². The molecule has 0 saturated carbocycles. The first-order valence-corrected chi connectivity index (χ1v) is 10.5. The molecule has 0 aliphatic heterocycles. The van der Waals surface area contributed by atoms with Gasteiger partial charge in [-0.2, -0.15) is 8.42 Å². The van der Waals surface area contributed by atoms with Crippen molar-refractivity contribution in [2.45, 2.75) is 96.9 Å². The second-order valence-corrected chi connectivity index (χ2v) is 8.78. The van der Waals surface area contributed by atoms with Crippen LogP contribution in [0, 0.1) is 5.92 Å². The van der Waals surface area contributed by atoms with E-state index in [-0.39, 0.29) is 11.3 Å². The van der Waals surface area contributed by atoms with Gasteiger partial charge in [-0.25, -0.2) is 0 Å². The Bertz CT molecular complexity index is 361. The number of hydrogen-bond acceptors (Lipinski definition) is 3. The normalized spacial score (nSPS) is 14.2. The highest BCUT2D eigenvalue weighted by Crippen LogP contribution is 2.26. The monoisotopic (exact) mass is 335 g/mol. The summed E-state index contributed by atoms with van der Waals surface area (Å²) in [6.07, 6.45) is 12.6. The van der Waals surface area contributed by atoms with Gasteiger partial charge in [-0.15, -0.1) is 0 Å². The SMILES string of the molecule is CCCCCCCCCCC(CCCS(=O)(=O)O)C(C)(C)N. The van der Waals surface area contributed by atoms with Crippen LogP contribution < -0.4 is 5.73 Å². The molecule has 0 aromatic heterocycles. The van der Waals surface area contributed by atoms with Gasteiger partial charge in [0.25, 0.3) is 10.1 Å². The lowest BCUT2D eigenvalue weighted by atomic mass is 9.81. The van der Waals surface area contributed by atoms with Crippen LogP contribution in [-0.4, -0.2) is 24.3 Å². The van der Waals surface area contributed by atoms with Crippen molar-refractivity contribution in [2.75, 3.05) is 5.75 Å². The van der Waals surface area contributed by atoms with Crippen molar-refractivity contribution < 1.29 is 13.0 Å². The van der Waals surface area contributed by atoms with Gasteiger partial charge in [-0.05, 0) is 39.0 Å². The van der Waals surface area contributed by atoms with Gasteiger partial charge in [0.1, 0.15) is 0 Å². The van der Waals surface area contributed by atoms with Crippen LogP contribution in [0.4, 0.5) is 0 Å². The van der Waals surface area contributed by atoms with Crippen molar-refractivity contribution in [1.29, 1.82) is 0 Å². The van der Waals surface area contributed by atoms with Crippen LogP contribution in [0.1, 0.15) is 91.4 Å². The fourth-order valence-electron chi connectivity index (χ4n) is 2.93. The maximum Gasteiger partial charge on any atom is 0.264 e. The van der Waals surface area contributed by atoms with Crippen molar-refractivity contribution in [3.63, 3.8) is 0 Å². The first-order chi connectivity index (χ1) is 10.2. The van der Waals surface area contributed by atoms with Gasteiger partial charge in [0, 0.05) is 5.54 Å². The number of rotatable bonds is 14. The highest BCUT2D eigenvalue weighted by Gasteiger charge is 2.24. The molecule has 1 atom stereocenters. The van der Waals surface area contributed by atoms with Gasteiger partial charge in [-0.3, -0.25) is 4.55 Å². The van der Waals surface area contributed by atoms with E-state index in [1.54, 1.807) is 0 Å². The lowest BCUT2D eigenvalue weighted by molar-refractivity contribution is 0.272. The summed E-state index contributed by atoms with van der Waals surface area (Å²) >= 11 is 0. The second kappa shape index (κ2) is 11.4. The average Bonchev–Trinajstić information content (AvgIpc) is 2.37. The Morgan fingerprint density at radius 1 is 0.909 bits per heavy atom. The third-order valence-corrected chi connectivity index (χ3v) is 5.22. The summed E-state index contributed by atoms with van der Waals surface area (Å²) in [6.45, 7) is 6.25. The molecular formula is C17H37NO3S. The van der Waals surface area contributed by atoms with Gasteiger partial charge >= 0.3 is 0 Å². The van der Waals surface area contributed by atoms with Gasteiger partial charge in [0.15, 0.2) is 0 Å². The molecule has 1 unspecified atom stereocenters. The van der Waals surface area contributed by atoms with Gasteiger partial charge in [0.05, 0.1) is 5.75 Å². The molecule has 0 spiro atoms. The fraction of sp³-hybridized carbons (Fsp3) is 1.00. The molecule has 0 bridgehead atoms. The lowest BCUT2D eigenvalue weighted by Gasteiger charge is -2.30. The summed E-state index contributed by atoms with van der Waals surface area (Å²) in [5, 5.41) is 0. The highest BCUT2D eigenvalue weighted by atomic mass is 32.2. The molecule has 4 nitrogen and oxygen atoms in total. The Balaban J connectivity index is 3.87. The summed E-state index contributed by atoms with van der Waals surface area (Å²) < 4.78 is 30.4. The fourth-order valence-corrected chi connectivity index (χ4v) is 3.46. The van der Waals surface area contributed by atoms with E-state index >= 15 is 0 Å². The molecule has 0 radical (unpaired) electrons. The second-order valence-electron chi connectivity index (χ2n) is 7.21. The van der Waals surface area contributed by atoms with Crippen molar-refractivity contribution in [2.24, 2.45) is 11.7 Å². The Kier molecular flexibility index (Phi) is 11.3. The van der Waals surface area contributed by atoms with Crippen LogP contribution in [0.3, 0.4) is 0 Å². The maximum atomic E-state index is 10.8. The third kappa shape index (κ3) is 13.5. The predicted molar refractivity (Wildman–Crippen MR) is 94.6 cm³/mol. The molecule has 0 aliphatic rings. The lowest BCUT2D eigenvalue weighted by Crippen LogP contribution is -2.41. The minimum absolute atomic E-state index is 0.156. The summed E-state index contributed by atoms with van der Waals surface area (Å²) in [7, 11) is -3.85. The summed E-state index contributed by atoms with van der Waals surface area (Å²) in [5.41, 5.74) is 5.92. The van der Waals surface area contributed by atoms with E-state index in [1.165, 1.54) is 44.9 Å². The van der Waals surface area contributed by atoms with Gasteiger partial charge in [-0.1, -0.05) is 58.3 Å². The predicted octanol–water partition coefficient (Wildman–Crippen LogP) is 4.54. The molecule has 0 rings (SSSR count). The number of hydrogen-bond donors (Lipinski definition) is 2. The molecule has 0 saturated heterocycles. The van der Waals surface area contributed by atoms with Crippen molar-refractivity contribution in [3.8, 4) is 0 Å². The van der Waals surface area contributed by atoms with E-state index in [2.05, 4.69) is 6.92 Å². The van der Waals surface area contributed by atoms with Crippen LogP contribution in [0.2, 0.25) is 0 Å². The maximum absolute atomic E-state index is 10.8. The molecule has 3 N–H and O–H groups in total. The van der Waals surface area contributed by atoms with Crippen LogP contribution in [0.15, 0.2) is 0 Å². The summed E-state index contributed by atoms with van der Waals surface area (Å²) in [4.78, 5) is 0. The quantitative estimate of drug-likeness (QED) is 0.361. The first-order valence-electron chi connectivity index (χ1n) is 8.91. The summed E-state index contributed by atoms with van der Waals surface area (Å²) in [6, 6.07) is 0. The molecule has 0 heterocycles. The Labute approximate surface area is 138 Å². The Morgan fingerprint density at radius 2 is 1.36 bits per heavy atom. The molecule has 22 heavy (non-hydrogen) atoms. The average molecular weight is 336 g/mol. The first kappa shape index (κ1) is 21.9.